The van der Waals surface area contributed by atoms with Gasteiger partial charge in [-0.05, 0) is 19.1 Å². The highest BCUT2D eigenvalue weighted by atomic mass is 79.9. The number of alkyl halides is 1. The van der Waals surface area contributed by atoms with Gasteiger partial charge >= 0.3 is 0 Å². The predicted molar refractivity (Wildman–Crippen MR) is 67.8 cm³/mol. The lowest BCUT2D eigenvalue weighted by Crippen LogP contribution is -2.20. The molecule has 1 unspecified atom stereocenters. The zero-order valence-corrected chi connectivity index (χ0v) is 11.4. The van der Waals surface area contributed by atoms with Gasteiger partial charge < -0.3 is 5.32 Å². The van der Waals surface area contributed by atoms with Crippen molar-refractivity contribution in [2.45, 2.75) is 11.8 Å². The summed E-state index contributed by atoms with van der Waals surface area (Å²) in [5, 5.41) is 13.2. The molecule has 1 amide bonds. The number of benzene rings is 1. The molecule has 0 aliphatic rings. The molecule has 0 heterocycles. The molecule has 16 heavy (non-hydrogen) atoms. The molecule has 1 atom stereocenters. The first-order chi connectivity index (χ1) is 7.41. The van der Waals surface area contributed by atoms with Crippen LogP contribution in [0.2, 0.25) is 0 Å². The maximum absolute atomic E-state index is 11.4. The smallest absolute Gasteiger partial charge is 0.293 e. The molecule has 0 fully saturated rings. The summed E-state index contributed by atoms with van der Waals surface area (Å²) in [6.07, 6.45) is 0. The van der Waals surface area contributed by atoms with E-state index in [2.05, 4.69) is 37.2 Å². The Bertz CT molecular complexity index is 435. The Balaban J connectivity index is 3.04. The van der Waals surface area contributed by atoms with Crippen molar-refractivity contribution >= 4 is 49.1 Å². The average Bonchev–Trinajstić information content (AvgIpc) is 2.20. The largest absolute Gasteiger partial charge is 0.319 e. The van der Waals surface area contributed by atoms with Crippen molar-refractivity contribution in [1.29, 1.82) is 0 Å². The zero-order valence-electron chi connectivity index (χ0n) is 8.24. The van der Waals surface area contributed by atoms with E-state index in [4.69, 9.17) is 0 Å². The van der Waals surface area contributed by atoms with Gasteiger partial charge in [0.15, 0.2) is 0 Å². The van der Waals surface area contributed by atoms with Crippen LogP contribution in [0.3, 0.4) is 0 Å². The number of carbonyl (C=O) groups excluding carboxylic acids is 1. The third-order valence-electron chi connectivity index (χ3n) is 1.78. The van der Waals surface area contributed by atoms with Crippen molar-refractivity contribution in [3.8, 4) is 0 Å². The van der Waals surface area contributed by atoms with Gasteiger partial charge in [0.05, 0.1) is 9.75 Å². The molecule has 1 rings (SSSR count). The Morgan fingerprint density at radius 3 is 2.69 bits per heavy atom. The predicted octanol–water partition coefficient (Wildman–Crippen LogP) is 3.08. The topological polar surface area (TPSA) is 72.2 Å². The van der Waals surface area contributed by atoms with Gasteiger partial charge in [0.1, 0.15) is 5.69 Å². The SMILES string of the molecule is CC(Br)C(=O)Nc1ccc(Br)cc1[N+](=O)[O-]. The van der Waals surface area contributed by atoms with Crippen molar-refractivity contribution in [3.63, 3.8) is 0 Å². The third-order valence-corrected chi connectivity index (χ3v) is 2.68. The van der Waals surface area contributed by atoms with Crippen LogP contribution in [0.5, 0.6) is 0 Å². The minimum Gasteiger partial charge on any atom is -0.319 e. The summed E-state index contributed by atoms with van der Waals surface area (Å²) >= 11 is 6.22. The van der Waals surface area contributed by atoms with Gasteiger partial charge in [0, 0.05) is 10.5 Å². The maximum Gasteiger partial charge on any atom is 0.293 e. The van der Waals surface area contributed by atoms with Gasteiger partial charge in [-0.15, -0.1) is 0 Å². The Hall–Kier alpha value is -0.950. The summed E-state index contributed by atoms with van der Waals surface area (Å²) < 4.78 is 0.587. The van der Waals surface area contributed by atoms with E-state index in [1.54, 1.807) is 13.0 Å². The number of amides is 1. The number of nitro groups is 1. The van der Waals surface area contributed by atoms with E-state index in [9.17, 15) is 14.9 Å². The van der Waals surface area contributed by atoms with Gasteiger partial charge in [0.2, 0.25) is 5.91 Å². The van der Waals surface area contributed by atoms with Crippen molar-refractivity contribution in [1.82, 2.24) is 0 Å². The van der Waals surface area contributed by atoms with Crippen LogP contribution in [0, 0.1) is 10.1 Å². The second-order valence-corrected chi connectivity index (χ2v) is 5.31. The first-order valence-corrected chi connectivity index (χ1v) is 6.01. The minimum absolute atomic E-state index is 0.143. The normalized spacial score (nSPS) is 11.9. The van der Waals surface area contributed by atoms with E-state index in [1.807, 2.05) is 0 Å². The van der Waals surface area contributed by atoms with E-state index >= 15 is 0 Å². The summed E-state index contributed by atoms with van der Waals surface area (Å²) in [6.45, 7) is 1.64. The van der Waals surface area contributed by atoms with E-state index in [0.29, 0.717) is 4.47 Å². The maximum atomic E-state index is 11.4. The molecular weight excluding hydrogens is 344 g/mol. The number of hydrogen-bond acceptors (Lipinski definition) is 3. The van der Waals surface area contributed by atoms with E-state index in [0.717, 1.165) is 0 Å². The fourth-order valence-electron chi connectivity index (χ4n) is 0.994. The molecule has 7 heteroatoms. The number of nitro benzene ring substituents is 1. The molecule has 1 aromatic carbocycles. The summed E-state index contributed by atoms with van der Waals surface area (Å²) in [6, 6.07) is 4.45. The standard InChI is InChI=1S/C9H8Br2N2O3/c1-5(10)9(14)12-7-3-2-6(11)4-8(7)13(15)16/h2-5H,1H3,(H,12,14). The van der Waals surface area contributed by atoms with Crippen LogP contribution in [0.25, 0.3) is 0 Å². The van der Waals surface area contributed by atoms with Crippen LogP contribution in [-0.4, -0.2) is 15.7 Å². The molecule has 5 nitrogen and oxygen atoms in total. The number of anilines is 1. The molecule has 0 aliphatic carbocycles. The highest BCUT2D eigenvalue weighted by molar-refractivity contribution is 9.10. The lowest BCUT2D eigenvalue weighted by molar-refractivity contribution is -0.384. The molecule has 1 N–H and O–H groups in total. The van der Waals surface area contributed by atoms with Crippen LogP contribution in [-0.2, 0) is 4.79 Å². The first-order valence-electron chi connectivity index (χ1n) is 4.30. The molecule has 0 saturated carbocycles. The highest BCUT2D eigenvalue weighted by Crippen LogP contribution is 2.28. The van der Waals surface area contributed by atoms with Crippen LogP contribution in [0.4, 0.5) is 11.4 Å². The number of carbonyl (C=O) groups is 1. The molecule has 0 aliphatic heterocycles. The van der Waals surface area contributed by atoms with Crippen LogP contribution >= 0.6 is 31.9 Å². The monoisotopic (exact) mass is 350 g/mol. The quantitative estimate of drug-likeness (QED) is 0.516. The number of halogens is 2. The molecule has 0 spiro atoms. The van der Waals surface area contributed by atoms with Crippen molar-refractivity contribution in [2.24, 2.45) is 0 Å². The lowest BCUT2D eigenvalue weighted by Gasteiger charge is -2.07. The van der Waals surface area contributed by atoms with Crippen LogP contribution in [0.15, 0.2) is 22.7 Å². The van der Waals surface area contributed by atoms with E-state index < -0.39 is 9.75 Å². The van der Waals surface area contributed by atoms with Gasteiger partial charge in [-0.25, -0.2) is 0 Å². The zero-order chi connectivity index (χ0) is 12.3. The Labute approximate surface area is 109 Å². The Kier molecular flexibility index (Phi) is 4.43. The Morgan fingerprint density at radius 2 is 2.19 bits per heavy atom. The average molecular weight is 352 g/mol. The van der Waals surface area contributed by atoms with Crippen molar-refractivity contribution in [2.75, 3.05) is 5.32 Å². The third kappa shape index (κ3) is 3.28. The number of nitrogens with one attached hydrogen (secondary N) is 1. The number of hydrogen-bond donors (Lipinski definition) is 1. The van der Waals surface area contributed by atoms with Crippen LogP contribution in [0.1, 0.15) is 6.92 Å². The number of nitrogens with zero attached hydrogens (tertiary/aromatic N) is 1. The van der Waals surface area contributed by atoms with Crippen molar-refractivity contribution < 1.29 is 9.72 Å². The van der Waals surface area contributed by atoms with E-state index in [-0.39, 0.29) is 17.3 Å². The van der Waals surface area contributed by atoms with Gasteiger partial charge in [-0.3, -0.25) is 14.9 Å². The first kappa shape index (κ1) is 13.1. The second kappa shape index (κ2) is 5.40. The molecular formula is C9H8Br2N2O3. The summed E-state index contributed by atoms with van der Waals surface area (Å²) in [7, 11) is 0. The molecule has 0 saturated heterocycles. The number of rotatable bonds is 3. The molecule has 0 aromatic heterocycles. The molecule has 0 radical (unpaired) electrons. The summed E-state index contributed by atoms with van der Waals surface area (Å²) in [5.74, 6) is -0.328. The van der Waals surface area contributed by atoms with Crippen LogP contribution < -0.4 is 5.32 Å². The fraction of sp³-hybridized carbons (Fsp3) is 0.222. The molecule has 1 aromatic rings. The van der Waals surface area contributed by atoms with Gasteiger partial charge in [-0.1, -0.05) is 31.9 Å². The fourth-order valence-corrected chi connectivity index (χ4v) is 1.46. The molecule has 0 bridgehead atoms. The second-order valence-electron chi connectivity index (χ2n) is 3.02. The lowest BCUT2D eigenvalue weighted by atomic mass is 10.2. The minimum atomic E-state index is -0.542. The van der Waals surface area contributed by atoms with E-state index in [1.165, 1.54) is 12.1 Å². The molecule has 86 valence electrons. The summed E-state index contributed by atoms with van der Waals surface area (Å²) in [5.41, 5.74) is 0.0420. The highest BCUT2D eigenvalue weighted by Gasteiger charge is 2.17. The van der Waals surface area contributed by atoms with Crippen molar-refractivity contribution in [3.05, 3.63) is 32.8 Å². The Morgan fingerprint density at radius 1 is 1.56 bits per heavy atom. The summed E-state index contributed by atoms with van der Waals surface area (Å²) in [4.78, 5) is 21.2. The van der Waals surface area contributed by atoms with Gasteiger partial charge in [0.25, 0.3) is 5.69 Å². The van der Waals surface area contributed by atoms with Gasteiger partial charge in [-0.2, -0.15) is 0 Å².